The largest absolute Gasteiger partial charge is 0.366 e. The number of amides is 1. The van der Waals surface area contributed by atoms with Crippen LogP contribution in [-0.2, 0) is 0 Å². The minimum atomic E-state index is -0.559. The van der Waals surface area contributed by atoms with Crippen molar-refractivity contribution in [3.8, 4) is 0 Å². The van der Waals surface area contributed by atoms with Gasteiger partial charge in [0.05, 0.1) is 9.80 Å². The third-order valence-electron chi connectivity index (χ3n) is 2.45. The Morgan fingerprint density at radius 2 is 2.16 bits per heavy atom. The summed E-state index contributed by atoms with van der Waals surface area (Å²) in [6.45, 7) is 0. The molecule has 0 unspecified atom stereocenters. The lowest BCUT2D eigenvalue weighted by molar-refractivity contribution is -0.380. The van der Waals surface area contributed by atoms with Crippen LogP contribution in [0.15, 0.2) is 35.4 Å². The molecule has 0 aromatic carbocycles. The van der Waals surface area contributed by atoms with Crippen molar-refractivity contribution in [2.24, 2.45) is 0 Å². The van der Waals surface area contributed by atoms with Gasteiger partial charge in [0.15, 0.2) is 0 Å². The minimum Gasteiger partial charge on any atom is -0.366 e. The molecule has 2 heterocycles. The Morgan fingerprint density at radius 3 is 2.74 bits per heavy atom. The van der Waals surface area contributed by atoms with Gasteiger partial charge in [-0.3, -0.25) is 19.7 Å². The molecule has 0 spiro atoms. The van der Waals surface area contributed by atoms with E-state index in [2.05, 4.69) is 4.98 Å². The van der Waals surface area contributed by atoms with Crippen molar-refractivity contribution in [2.75, 3.05) is 11.9 Å². The monoisotopic (exact) mass is 279 g/mol. The summed E-state index contributed by atoms with van der Waals surface area (Å²) in [7, 11) is 1.44. The van der Waals surface area contributed by atoms with Crippen molar-refractivity contribution < 1.29 is 9.72 Å². The Morgan fingerprint density at radius 1 is 1.42 bits per heavy atom. The maximum absolute atomic E-state index is 12.1. The summed E-state index contributed by atoms with van der Waals surface area (Å²) in [5, 5.41) is 10.5. The molecule has 0 saturated heterocycles. The average molecular weight is 279 g/mol. The fourth-order valence-corrected chi connectivity index (χ4v) is 2.28. The quantitative estimate of drug-likeness (QED) is 0.682. The van der Waals surface area contributed by atoms with Gasteiger partial charge in [-0.05, 0) is 6.07 Å². The van der Waals surface area contributed by atoms with Crippen molar-refractivity contribution in [1.29, 1.82) is 0 Å². The minimum absolute atomic E-state index is 0.112. The third-order valence-corrected chi connectivity index (χ3v) is 3.48. The van der Waals surface area contributed by atoms with Gasteiger partial charge in [-0.2, -0.15) is 0 Å². The number of hydrogen-bond acceptors (Lipinski definition) is 5. The number of carbonyl (C=O) groups excluding carboxylic acids is 1. The summed E-state index contributed by atoms with van der Waals surface area (Å²) in [5.41, 5.74) is -0.121. The Balaban J connectivity index is 2.31. The van der Waals surface area contributed by atoms with Crippen LogP contribution in [0.25, 0.3) is 0 Å². The smallest absolute Gasteiger partial charge is 0.324 e. The number of thiophene rings is 1. The van der Waals surface area contributed by atoms with Gasteiger partial charge in [0, 0.05) is 31.6 Å². The zero-order valence-electron chi connectivity index (χ0n) is 9.82. The number of rotatable bonds is 3. The van der Waals surface area contributed by atoms with Crippen LogP contribution in [0.5, 0.6) is 0 Å². The first-order chi connectivity index (χ1) is 9.00. The van der Waals surface area contributed by atoms with Crippen LogP contribution in [-0.4, -0.2) is 22.9 Å². The highest BCUT2D eigenvalue weighted by atomic mass is 32.1. The molecule has 0 aliphatic rings. The second kappa shape index (κ2) is 5.02. The number of nitrogens with zero attached hydrogens (tertiary/aromatic N) is 2. The van der Waals surface area contributed by atoms with E-state index >= 15 is 0 Å². The van der Waals surface area contributed by atoms with Crippen molar-refractivity contribution in [2.45, 2.75) is 0 Å². The van der Waals surface area contributed by atoms with E-state index in [1.807, 2.05) is 0 Å². The molecular weight excluding hydrogens is 270 g/mol. The Kier molecular flexibility index (Phi) is 3.43. The van der Waals surface area contributed by atoms with Crippen LogP contribution in [0.4, 0.5) is 10.7 Å². The van der Waals surface area contributed by atoms with E-state index in [0.717, 1.165) is 16.2 Å². The fourth-order valence-electron chi connectivity index (χ4n) is 1.48. The summed E-state index contributed by atoms with van der Waals surface area (Å²) in [4.78, 5) is 37.8. The van der Waals surface area contributed by atoms with Gasteiger partial charge >= 0.3 is 5.00 Å². The van der Waals surface area contributed by atoms with Gasteiger partial charge < -0.3 is 9.88 Å². The number of nitro groups is 1. The topological polar surface area (TPSA) is 96.3 Å². The molecule has 0 atom stereocenters. The molecule has 0 saturated carbocycles. The highest BCUT2D eigenvalue weighted by molar-refractivity contribution is 7.17. The molecular formula is C11H9N3O4S. The first-order valence-electron chi connectivity index (χ1n) is 5.20. The molecule has 8 heteroatoms. The van der Waals surface area contributed by atoms with E-state index in [4.69, 9.17) is 0 Å². The van der Waals surface area contributed by atoms with E-state index < -0.39 is 10.8 Å². The molecule has 98 valence electrons. The molecule has 1 amide bonds. The molecule has 2 aromatic heterocycles. The number of carbonyl (C=O) groups is 1. The molecule has 2 aromatic rings. The number of aromatic amines is 1. The third kappa shape index (κ3) is 2.52. The van der Waals surface area contributed by atoms with Crippen LogP contribution in [0.1, 0.15) is 9.67 Å². The lowest BCUT2D eigenvalue weighted by Gasteiger charge is -2.14. The van der Waals surface area contributed by atoms with Gasteiger partial charge in [0.25, 0.3) is 5.91 Å². The second-order valence-electron chi connectivity index (χ2n) is 3.65. The van der Waals surface area contributed by atoms with Gasteiger partial charge in [-0.25, -0.2) is 0 Å². The second-order valence-corrected chi connectivity index (χ2v) is 4.72. The maximum atomic E-state index is 12.1. The van der Waals surface area contributed by atoms with Crippen LogP contribution < -0.4 is 10.3 Å². The summed E-state index contributed by atoms with van der Waals surface area (Å²) in [5.74, 6) is -0.463. The molecule has 0 aliphatic heterocycles. The van der Waals surface area contributed by atoms with E-state index in [0.29, 0.717) is 0 Å². The van der Waals surface area contributed by atoms with E-state index in [9.17, 15) is 19.7 Å². The standard InChI is InChI=1S/C11H9N3O4S/c1-13(7-6-12-5-4-8(7)15)11(16)9-2-3-10(19-9)14(17)18/h2-6H,1H3,(H,12,15). The zero-order valence-corrected chi connectivity index (χ0v) is 10.6. The molecule has 19 heavy (non-hydrogen) atoms. The maximum Gasteiger partial charge on any atom is 0.324 e. The number of nitrogens with one attached hydrogen (secondary N) is 1. The molecule has 0 fully saturated rings. The van der Waals surface area contributed by atoms with Gasteiger partial charge in [0.2, 0.25) is 5.43 Å². The highest BCUT2D eigenvalue weighted by Gasteiger charge is 2.20. The summed E-state index contributed by atoms with van der Waals surface area (Å²) < 4.78 is 0. The van der Waals surface area contributed by atoms with Crippen molar-refractivity contribution in [3.05, 3.63) is 55.8 Å². The first-order valence-corrected chi connectivity index (χ1v) is 6.01. The molecule has 1 N–H and O–H groups in total. The van der Waals surface area contributed by atoms with Gasteiger partial charge in [-0.15, -0.1) is 0 Å². The fraction of sp³-hybridized carbons (Fsp3) is 0.0909. The van der Waals surface area contributed by atoms with Crippen molar-refractivity contribution in [3.63, 3.8) is 0 Å². The summed E-state index contributed by atoms with van der Waals surface area (Å²) >= 11 is 0.775. The van der Waals surface area contributed by atoms with Gasteiger partial charge in [-0.1, -0.05) is 11.3 Å². The van der Waals surface area contributed by atoms with Crippen LogP contribution >= 0.6 is 11.3 Å². The zero-order chi connectivity index (χ0) is 14.0. The van der Waals surface area contributed by atoms with E-state index in [1.54, 1.807) is 0 Å². The predicted molar refractivity (Wildman–Crippen MR) is 70.8 cm³/mol. The number of hydrogen-bond donors (Lipinski definition) is 1. The van der Waals surface area contributed by atoms with Crippen LogP contribution in [0.2, 0.25) is 0 Å². The SMILES string of the molecule is CN(C(=O)c1ccc([N+](=O)[O-])s1)c1c[nH]ccc1=O. The van der Waals surface area contributed by atoms with E-state index in [1.165, 1.54) is 37.6 Å². The summed E-state index contributed by atoms with van der Waals surface area (Å²) in [6.07, 6.45) is 2.86. The molecule has 2 rings (SSSR count). The average Bonchev–Trinajstić information content (AvgIpc) is 2.87. The Bertz CT molecular complexity index is 691. The number of pyridine rings is 1. The lowest BCUT2D eigenvalue weighted by atomic mass is 10.3. The highest BCUT2D eigenvalue weighted by Crippen LogP contribution is 2.25. The van der Waals surface area contributed by atoms with Crippen LogP contribution in [0, 0.1) is 10.1 Å². The summed E-state index contributed by atoms with van der Waals surface area (Å²) in [6, 6.07) is 3.94. The lowest BCUT2D eigenvalue weighted by Crippen LogP contribution is -2.29. The van der Waals surface area contributed by atoms with Crippen LogP contribution in [0.3, 0.4) is 0 Å². The number of aromatic nitrogens is 1. The van der Waals surface area contributed by atoms with E-state index in [-0.39, 0.29) is 21.0 Å². The predicted octanol–water partition coefficient (Wildman–Crippen LogP) is 1.62. The Hall–Kier alpha value is -2.48. The molecule has 0 bridgehead atoms. The van der Waals surface area contributed by atoms with Crippen molar-refractivity contribution in [1.82, 2.24) is 4.98 Å². The first kappa shape index (κ1) is 13.0. The molecule has 0 aliphatic carbocycles. The van der Waals surface area contributed by atoms with Crippen molar-refractivity contribution >= 4 is 27.9 Å². The van der Waals surface area contributed by atoms with Gasteiger partial charge in [0.1, 0.15) is 5.69 Å². The number of anilines is 1. The molecule has 0 radical (unpaired) electrons. The molecule has 7 nitrogen and oxygen atoms in total. The normalized spacial score (nSPS) is 10.2. The Labute approximate surface area is 111 Å². The number of H-pyrrole nitrogens is 1.